The maximum Gasteiger partial charge on any atom is 0.320 e. The van der Waals surface area contributed by atoms with Gasteiger partial charge in [0.1, 0.15) is 0 Å². The van der Waals surface area contributed by atoms with Crippen molar-refractivity contribution in [3.05, 3.63) is 53.1 Å². The highest BCUT2D eigenvalue weighted by molar-refractivity contribution is 7.98. The molecular formula is C22H23ClN2O3S2. The van der Waals surface area contributed by atoms with Crippen molar-refractivity contribution in [3.8, 4) is 11.1 Å². The maximum absolute atomic E-state index is 12.6. The summed E-state index contributed by atoms with van der Waals surface area (Å²) in [4.78, 5) is 17.4. The van der Waals surface area contributed by atoms with Crippen LogP contribution in [0.25, 0.3) is 11.1 Å². The van der Waals surface area contributed by atoms with Crippen LogP contribution in [0.2, 0.25) is 5.02 Å². The molecule has 5 nitrogen and oxygen atoms in total. The van der Waals surface area contributed by atoms with Gasteiger partial charge in [-0.05, 0) is 29.5 Å². The van der Waals surface area contributed by atoms with Crippen LogP contribution >= 0.6 is 23.4 Å². The van der Waals surface area contributed by atoms with Gasteiger partial charge in [0.2, 0.25) is 0 Å². The van der Waals surface area contributed by atoms with E-state index in [2.05, 4.69) is 36.4 Å². The lowest BCUT2D eigenvalue weighted by Crippen LogP contribution is -2.71. The highest BCUT2D eigenvalue weighted by atomic mass is 35.5. The predicted octanol–water partition coefficient (Wildman–Crippen LogP) is 3.98. The van der Waals surface area contributed by atoms with E-state index in [9.17, 15) is 13.2 Å². The zero-order chi connectivity index (χ0) is 21.1. The van der Waals surface area contributed by atoms with Gasteiger partial charge in [-0.1, -0.05) is 41.9 Å². The molecule has 0 bridgehead atoms. The van der Waals surface area contributed by atoms with Crippen LogP contribution in [0.15, 0.2) is 47.4 Å². The number of nitrogens with zero attached hydrogens (tertiary/aromatic N) is 2. The Kier molecular flexibility index (Phi) is 4.84. The van der Waals surface area contributed by atoms with E-state index in [-0.39, 0.29) is 23.0 Å². The van der Waals surface area contributed by atoms with Crippen molar-refractivity contribution >= 4 is 39.2 Å². The molecule has 5 rings (SSSR count). The third-order valence-corrected chi connectivity index (χ3v) is 9.54. The average molecular weight is 463 g/mol. The van der Waals surface area contributed by atoms with Gasteiger partial charge >= 0.3 is 6.03 Å². The Morgan fingerprint density at radius 2 is 1.73 bits per heavy atom. The van der Waals surface area contributed by atoms with Crippen molar-refractivity contribution in [1.29, 1.82) is 0 Å². The Balaban J connectivity index is 1.17. The van der Waals surface area contributed by atoms with Crippen LogP contribution in [-0.4, -0.2) is 68.2 Å². The van der Waals surface area contributed by atoms with E-state index in [0.717, 1.165) is 21.0 Å². The molecule has 3 aliphatic rings. The van der Waals surface area contributed by atoms with E-state index in [1.165, 1.54) is 5.56 Å². The number of likely N-dealkylation sites (tertiary alicyclic amines) is 2. The number of sulfone groups is 1. The van der Waals surface area contributed by atoms with Crippen LogP contribution in [0.5, 0.6) is 0 Å². The summed E-state index contributed by atoms with van der Waals surface area (Å²) in [5.74, 6) is 0.822. The number of benzene rings is 2. The molecule has 0 aromatic heterocycles. The molecule has 158 valence electrons. The smallest absolute Gasteiger partial charge is 0.320 e. The van der Waals surface area contributed by atoms with Gasteiger partial charge < -0.3 is 9.80 Å². The number of hydrogen-bond donors (Lipinski definition) is 0. The molecule has 0 atom stereocenters. The highest BCUT2D eigenvalue weighted by Crippen LogP contribution is 2.42. The largest absolute Gasteiger partial charge is 0.323 e. The third-order valence-electron chi connectivity index (χ3n) is 6.40. The molecule has 3 heterocycles. The van der Waals surface area contributed by atoms with E-state index >= 15 is 0 Å². The quantitative estimate of drug-likeness (QED) is 0.647. The Hall–Kier alpha value is -1.70. The van der Waals surface area contributed by atoms with Crippen molar-refractivity contribution in [3.63, 3.8) is 0 Å². The average Bonchev–Trinajstić information content (AvgIpc) is 2.63. The third kappa shape index (κ3) is 3.51. The summed E-state index contributed by atoms with van der Waals surface area (Å²) in [6.45, 7) is 2.58. The lowest BCUT2D eigenvalue weighted by Gasteiger charge is -2.56. The Labute approximate surface area is 186 Å². The Morgan fingerprint density at radius 1 is 1.07 bits per heavy atom. The van der Waals surface area contributed by atoms with Gasteiger partial charge in [-0.3, -0.25) is 0 Å². The minimum Gasteiger partial charge on any atom is -0.323 e. The SMILES string of the molecule is CSc1ccc(-c2ccc(C3CN(C(=O)N4CC5(C4)CS(=O)(=O)C5)C3)cc2)c(Cl)c1. The van der Waals surface area contributed by atoms with E-state index in [1.807, 2.05) is 17.2 Å². The van der Waals surface area contributed by atoms with E-state index < -0.39 is 9.84 Å². The number of thioether (sulfide) groups is 1. The zero-order valence-corrected chi connectivity index (χ0v) is 19.1. The molecule has 0 saturated carbocycles. The van der Waals surface area contributed by atoms with Gasteiger partial charge in [0, 0.05) is 53.0 Å². The fourth-order valence-corrected chi connectivity index (χ4v) is 7.75. The predicted molar refractivity (Wildman–Crippen MR) is 121 cm³/mol. The van der Waals surface area contributed by atoms with E-state index in [4.69, 9.17) is 11.6 Å². The summed E-state index contributed by atoms with van der Waals surface area (Å²) in [5, 5.41) is 0.751. The van der Waals surface area contributed by atoms with Gasteiger partial charge in [-0.15, -0.1) is 11.8 Å². The van der Waals surface area contributed by atoms with Crippen LogP contribution in [0.1, 0.15) is 11.5 Å². The minimum absolute atomic E-state index is 0.0402. The molecular weight excluding hydrogens is 440 g/mol. The van der Waals surface area contributed by atoms with Gasteiger partial charge in [-0.2, -0.15) is 0 Å². The molecule has 3 fully saturated rings. The molecule has 0 unspecified atom stereocenters. The molecule has 2 aromatic rings. The number of urea groups is 1. The van der Waals surface area contributed by atoms with Crippen LogP contribution in [0.4, 0.5) is 4.79 Å². The van der Waals surface area contributed by atoms with Crippen LogP contribution in [-0.2, 0) is 9.84 Å². The molecule has 8 heteroatoms. The minimum atomic E-state index is -2.85. The second-order valence-corrected chi connectivity index (χ2v) is 12.1. The van der Waals surface area contributed by atoms with Crippen molar-refractivity contribution < 1.29 is 13.2 Å². The summed E-state index contributed by atoms with van der Waals surface area (Å²) < 4.78 is 22.8. The maximum atomic E-state index is 12.6. The lowest BCUT2D eigenvalue weighted by molar-refractivity contribution is 0.0243. The van der Waals surface area contributed by atoms with Gasteiger partial charge in [0.15, 0.2) is 9.84 Å². The zero-order valence-electron chi connectivity index (χ0n) is 16.7. The summed E-state index contributed by atoms with van der Waals surface area (Å²) in [6, 6.07) is 14.6. The fraction of sp³-hybridized carbons (Fsp3) is 0.409. The first-order valence-corrected chi connectivity index (χ1v) is 13.4. The number of carbonyl (C=O) groups is 1. The topological polar surface area (TPSA) is 57.7 Å². The molecule has 3 aliphatic heterocycles. The molecule has 3 saturated heterocycles. The van der Waals surface area contributed by atoms with Crippen molar-refractivity contribution in [2.45, 2.75) is 10.8 Å². The Morgan fingerprint density at radius 3 is 2.30 bits per heavy atom. The van der Waals surface area contributed by atoms with Gasteiger partial charge in [-0.25, -0.2) is 13.2 Å². The fourth-order valence-electron chi connectivity index (χ4n) is 4.81. The number of hydrogen-bond acceptors (Lipinski definition) is 4. The second-order valence-electron chi connectivity index (χ2n) is 8.74. The van der Waals surface area contributed by atoms with Crippen molar-refractivity contribution in [2.75, 3.05) is 43.9 Å². The summed E-state index contributed by atoms with van der Waals surface area (Å²) in [5.41, 5.74) is 3.19. The first-order valence-electron chi connectivity index (χ1n) is 9.96. The molecule has 2 amide bonds. The molecule has 0 aliphatic carbocycles. The molecule has 0 radical (unpaired) electrons. The molecule has 0 N–H and O–H groups in total. The lowest BCUT2D eigenvalue weighted by atomic mass is 9.83. The number of rotatable bonds is 3. The molecule has 30 heavy (non-hydrogen) atoms. The number of carbonyl (C=O) groups excluding carboxylic acids is 1. The first-order chi connectivity index (χ1) is 14.3. The van der Waals surface area contributed by atoms with Crippen LogP contribution in [0.3, 0.4) is 0 Å². The summed E-state index contributed by atoms with van der Waals surface area (Å²) >= 11 is 8.11. The first kappa shape index (κ1) is 20.2. The normalized spacial score (nSPS) is 21.7. The summed E-state index contributed by atoms with van der Waals surface area (Å²) in [6.07, 6.45) is 2.03. The number of halogens is 1. The van der Waals surface area contributed by atoms with Crippen molar-refractivity contribution in [2.24, 2.45) is 5.41 Å². The number of amides is 2. The summed E-state index contributed by atoms with van der Waals surface area (Å²) in [7, 11) is -2.85. The second kappa shape index (κ2) is 7.18. The van der Waals surface area contributed by atoms with Crippen LogP contribution in [0, 0.1) is 5.41 Å². The molecule has 1 spiro atoms. The van der Waals surface area contributed by atoms with Crippen molar-refractivity contribution in [1.82, 2.24) is 9.80 Å². The van der Waals surface area contributed by atoms with Crippen LogP contribution < -0.4 is 0 Å². The molecule has 2 aromatic carbocycles. The Bertz CT molecular complexity index is 1090. The van der Waals surface area contributed by atoms with Gasteiger partial charge in [0.25, 0.3) is 0 Å². The monoisotopic (exact) mass is 462 g/mol. The highest BCUT2D eigenvalue weighted by Gasteiger charge is 2.57. The van der Waals surface area contributed by atoms with E-state index in [0.29, 0.717) is 32.1 Å². The standard InChI is InChI=1S/C22H23ClN2O3S2/c1-29-18-6-7-19(20(23)8-18)16-4-2-15(3-5-16)17-9-24(10-17)21(26)25-11-22(12-25)13-30(27,28)14-22/h2-8,17H,9-14H2,1H3. The van der Waals surface area contributed by atoms with Gasteiger partial charge in [0.05, 0.1) is 11.5 Å². The van der Waals surface area contributed by atoms with E-state index in [1.54, 1.807) is 16.7 Å².